The lowest BCUT2D eigenvalue weighted by Gasteiger charge is -2.18. The molecule has 0 bridgehead atoms. The van der Waals surface area contributed by atoms with Crippen molar-refractivity contribution >= 4 is 17.9 Å². The monoisotopic (exact) mass is 1090 g/mol. The first-order valence-corrected chi connectivity index (χ1v) is 33.6. The zero-order chi connectivity index (χ0) is 56.4. The molecule has 6 nitrogen and oxygen atoms in total. The molecule has 0 aliphatic heterocycles. The summed E-state index contributed by atoms with van der Waals surface area (Å²) in [6, 6.07) is 0. The average Bonchev–Trinajstić information content (AvgIpc) is 3.44. The zero-order valence-corrected chi connectivity index (χ0v) is 51.7. The van der Waals surface area contributed by atoms with Crippen LogP contribution in [0.3, 0.4) is 0 Å². The van der Waals surface area contributed by atoms with Crippen LogP contribution in [0.4, 0.5) is 0 Å². The SMILES string of the molecule is CC/C=C\C/C=C\C/C=C\C/C=C\CCCCC(=O)OCC(COC(=O)CCCCCCCCCCCCCCCCCCC/C=C\CCCCCCCCCC)OC(=O)CCCCCCC/C=C\C/C=C\CCCCCC. The van der Waals surface area contributed by atoms with Crippen LogP contribution in [0.1, 0.15) is 335 Å². The first kappa shape index (κ1) is 74.6. The Morgan fingerprint density at radius 1 is 0.269 bits per heavy atom. The molecule has 0 amide bonds. The smallest absolute Gasteiger partial charge is 0.306 e. The highest BCUT2D eigenvalue weighted by atomic mass is 16.6. The molecule has 0 fully saturated rings. The van der Waals surface area contributed by atoms with Crippen molar-refractivity contribution in [3.8, 4) is 0 Å². The fourth-order valence-corrected chi connectivity index (χ4v) is 9.58. The van der Waals surface area contributed by atoms with Gasteiger partial charge in [-0.15, -0.1) is 0 Å². The van der Waals surface area contributed by atoms with Gasteiger partial charge >= 0.3 is 17.9 Å². The maximum atomic E-state index is 12.9. The lowest BCUT2D eigenvalue weighted by molar-refractivity contribution is -0.167. The minimum atomic E-state index is -0.802. The third kappa shape index (κ3) is 63.4. The minimum Gasteiger partial charge on any atom is -0.462 e. The maximum absolute atomic E-state index is 12.9. The molecule has 78 heavy (non-hydrogen) atoms. The molecule has 0 radical (unpaired) electrons. The molecule has 0 spiro atoms. The molecule has 0 aromatic carbocycles. The van der Waals surface area contributed by atoms with E-state index in [-0.39, 0.29) is 31.1 Å². The second-order valence-electron chi connectivity index (χ2n) is 22.3. The lowest BCUT2D eigenvalue weighted by atomic mass is 10.0. The van der Waals surface area contributed by atoms with E-state index in [2.05, 4.69) is 106 Å². The van der Waals surface area contributed by atoms with Gasteiger partial charge in [0.05, 0.1) is 0 Å². The molecular formula is C72H126O6. The van der Waals surface area contributed by atoms with Crippen LogP contribution in [0.25, 0.3) is 0 Å². The van der Waals surface area contributed by atoms with Gasteiger partial charge in [-0.05, 0) is 116 Å². The summed E-state index contributed by atoms with van der Waals surface area (Å²) in [5.41, 5.74) is 0. The molecule has 0 saturated carbocycles. The van der Waals surface area contributed by atoms with Crippen molar-refractivity contribution in [2.75, 3.05) is 13.2 Å². The molecule has 6 heteroatoms. The van der Waals surface area contributed by atoms with Crippen LogP contribution in [-0.4, -0.2) is 37.2 Å². The number of hydrogen-bond donors (Lipinski definition) is 0. The van der Waals surface area contributed by atoms with Gasteiger partial charge in [0.1, 0.15) is 13.2 Å². The molecule has 0 heterocycles. The van der Waals surface area contributed by atoms with Gasteiger partial charge < -0.3 is 14.2 Å². The van der Waals surface area contributed by atoms with E-state index in [1.807, 2.05) is 0 Å². The van der Waals surface area contributed by atoms with E-state index in [0.29, 0.717) is 19.3 Å². The maximum Gasteiger partial charge on any atom is 0.306 e. The average molecular weight is 1090 g/mol. The van der Waals surface area contributed by atoms with Crippen LogP contribution >= 0.6 is 0 Å². The van der Waals surface area contributed by atoms with Crippen molar-refractivity contribution in [3.63, 3.8) is 0 Å². The Labute approximate surface area is 484 Å². The van der Waals surface area contributed by atoms with Gasteiger partial charge in [0.2, 0.25) is 0 Å². The first-order chi connectivity index (χ1) is 38.5. The van der Waals surface area contributed by atoms with Gasteiger partial charge in [0, 0.05) is 19.3 Å². The Kier molecular flexibility index (Phi) is 63.2. The number of carbonyl (C=O) groups excluding carboxylic acids is 3. The normalized spacial score (nSPS) is 12.6. The summed E-state index contributed by atoms with van der Waals surface area (Å²) in [6.07, 6.45) is 87.6. The predicted molar refractivity (Wildman–Crippen MR) is 339 cm³/mol. The molecule has 0 aromatic rings. The van der Waals surface area contributed by atoms with Gasteiger partial charge in [0.15, 0.2) is 6.10 Å². The van der Waals surface area contributed by atoms with Crippen LogP contribution in [0.15, 0.2) is 85.1 Å². The number of esters is 3. The molecule has 0 N–H and O–H groups in total. The van der Waals surface area contributed by atoms with E-state index in [0.717, 1.165) is 109 Å². The van der Waals surface area contributed by atoms with E-state index in [9.17, 15) is 14.4 Å². The van der Waals surface area contributed by atoms with Crippen LogP contribution in [-0.2, 0) is 28.6 Å². The van der Waals surface area contributed by atoms with Crippen LogP contribution in [0, 0.1) is 0 Å². The van der Waals surface area contributed by atoms with E-state index in [1.54, 1.807) is 0 Å². The summed E-state index contributed by atoms with van der Waals surface area (Å²) in [5.74, 6) is -0.938. The Balaban J connectivity index is 4.26. The summed E-state index contributed by atoms with van der Waals surface area (Å²) < 4.78 is 16.9. The van der Waals surface area contributed by atoms with Gasteiger partial charge in [-0.1, -0.05) is 286 Å². The van der Waals surface area contributed by atoms with E-state index in [1.165, 1.54) is 186 Å². The number of ether oxygens (including phenoxy) is 3. The van der Waals surface area contributed by atoms with Gasteiger partial charge in [-0.3, -0.25) is 14.4 Å². The lowest BCUT2D eigenvalue weighted by Crippen LogP contribution is -2.30. The summed E-state index contributed by atoms with van der Waals surface area (Å²) in [4.78, 5) is 38.3. The minimum absolute atomic E-state index is 0.0936. The van der Waals surface area contributed by atoms with Crippen molar-refractivity contribution in [3.05, 3.63) is 85.1 Å². The van der Waals surface area contributed by atoms with E-state index < -0.39 is 6.10 Å². The van der Waals surface area contributed by atoms with E-state index >= 15 is 0 Å². The van der Waals surface area contributed by atoms with Crippen LogP contribution < -0.4 is 0 Å². The fourth-order valence-electron chi connectivity index (χ4n) is 9.58. The Hall–Kier alpha value is -3.41. The number of unbranched alkanes of at least 4 members (excludes halogenated alkanes) is 36. The fraction of sp³-hybridized carbons (Fsp3) is 0.764. The molecular weight excluding hydrogens is 961 g/mol. The quantitative estimate of drug-likeness (QED) is 0.0261. The summed E-state index contributed by atoms with van der Waals surface area (Å²) in [5, 5.41) is 0. The van der Waals surface area contributed by atoms with Gasteiger partial charge in [-0.25, -0.2) is 0 Å². The van der Waals surface area contributed by atoms with Gasteiger partial charge in [-0.2, -0.15) is 0 Å². The molecule has 1 atom stereocenters. The van der Waals surface area contributed by atoms with Crippen LogP contribution in [0.5, 0.6) is 0 Å². The van der Waals surface area contributed by atoms with Gasteiger partial charge in [0.25, 0.3) is 0 Å². The molecule has 0 saturated heterocycles. The Morgan fingerprint density at radius 3 is 0.833 bits per heavy atom. The Morgan fingerprint density at radius 2 is 0.500 bits per heavy atom. The van der Waals surface area contributed by atoms with E-state index in [4.69, 9.17) is 14.2 Å². The molecule has 1 unspecified atom stereocenters. The van der Waals surface area contributed by atoms with Crippen molar-refractivity contribution in [2.45, 2.75) is 341 Å². The number of rotatable bonds is 61. The summed E-state index contributed by atoms with van der Waals surface area (Å²) >= 11 is 0. The molecule has 0 rings (SSSR count). The largest absolute Gasteiger partial charge is 0.462 e. The number of allylic oxidation sites excluding steroid dienone is 14. The third-order valence-corrected chi connectivity index (χ3v) is 14.6. The first-order valence-electron chi connectivity index (χ1n) is 33.6. The molecule has 450 valence electrons. The second-order valence-corrected chi connectivity index (χ2v) is 22.3. The van der Waals surface area contributed by atoms with Crippen molar-refractivity contribution in [1.29, 1.82) is 0 Å². The zero-order valence-electron chi connectivity index (χ0n) is 51.7. The topological polar surface area (TPSA) is 78.9 Å². The predicted octanol–water partition coefficient (Wildman–Crippen LogP) is 23.1. The van der Waals surface area contributed by atoms with Crippen molar-refractivity contribution in [1.82, 2.24) is 0 Å². The number of hydrogen-bond acceptors (Lipinski definition) is 6. The molecule has 0 aliphatic carbocycles. The summed E-state index contributed by atoms with van der Waals surface area (Å²) in [7, 11) is 0. The second kappa shape index (κ2) is 66.1. The summed E-state index contributed by atoms with van der Waals surface area (Å²) in [6.45, 7) is 6.50. The highest BCUT2D eigenvalue weighted by Gasteiger charge is 2.19. The molecule has 0 aromatic heterocycles. The van der Waals surface area contributed by atoms with Crippen LogP contribution in [0.2, 0.25) is 0 Å². The molecule has 0 aliphatic rings. The van der Waals surface area contributed by atoms with Crippen molar-refractivity contribution in [2.24, 2.45) is 0 Å². The van der Waals surface area contributed by atoms with Crippen molar-refractivity contribution < 1.29 is 28.6 Å². The highest BCUT2D eigenvalue weighted by Crippen LogP contribution is 2.17. The third-order valence-electron chi connectivity index (χ3n) is 14.6. The highest BCUT2D eigenvalue weighted by molar-refractivity contribution is 5.71. The number of carbonyl (C=O) groups is 3. The Bertz CT molecular complexity index is 1480. The standard InChI is InChI=1S/C72H126O6/c1-4-7-10-13-16-19-22-25-28-30-31-32-33-34-35-36-37-38-39-40-41-42-45-47-50-53-56-59-62-65-71(74)77-68-69(67-76-70(73)64-61-58-55-52-49-46-43-27-24-21-18-15-12-9-6-3)78-72(75)66-63-60-57-54-51-48-44-29-26-23-20-17-14-11-8-5-2/h9,12,18,20-21,23,27,29-31,43-44,49,52,69H,4-8,10-11,13-17,19,22,24-26,28,32-42,45-48,50-51,53-68H2,1-3H3/b12-9-,21-18-,23-20-,31-30-,43-27-,44-29-,52-49-.